The van der Waals surface area contributed by atoms with Crippen LogP contribution in [0.5, 0.6) is 17.2 Å². The van der Waals surface area contributed by atoms with Crippen LogP contribution in [0.2, 0.25) is 0 Å². The molecule has 1 atom stereocenters. The van der Waals surface area contributed by atoms with Gasteiger partial charge in [0.1, 0.15) is 5.75 Å². The van der Waals surface area contributed by atoms with Gasteiger partial charge in [-0.2, -0.15) is 4.31 Å². The van der Waals surface area contributed by atoms with E-state index in [1.165, 1.54) is 0 Å². The van der Waals surface area contributed by atoms with Crippen molar-refractivity contribution >= 4 is 10.0 Å². The summed E-state index contributed by atoms with van der Waals surface area (Å²) < 4.78 is 44.0. The molecule has 1 unspecified atom stereocenters. The molecule has 0 bridgehead atoms. The Morgan fingerprint density at radius 1 is 1.15 bits per heavy atom. The van der Waals surface area contributed by atoms with E-state index in [0.717, 1.165) is 34.8 Å². The summed E-state index contributed by atoms with van der Waals surface area (Å²) in [6, 6.07) is 10.9. The Morgan fingerprint density at radius 3 is 2.74 bits per heavy atom. The molecule has 2 aliphatic heterocycles. The molecule has 144 valence electrons. The lowest BCUT2D eigenvalue weighted by atomic mass is 9.98. The van der Waals surface area contributed by atoms with Crippen molar-refractivity contribution in [2.45, 2.75) is 31.1 Å². The summed E-state index contributed by atoms with van der Waals surface area (Å²) in [6.45, 7) is 5.53. The molecule has 7 heteroatoms. The molecule has 6 nitrogen and oxygen atoms in total. The van der Waals surface area contributed by atoms with Crippen LogP contribution >= 0.6 is 0 Å². The quantitative estimate of drug-likeness (QED) is 0.785. The van der Waals surface area contributed by atoms with Crippen LogP contribution < -0.4 is 14.2 Å². The second-order valence-electron chi connectivity index (χ2n) is 6.82. The van der Waals surface area contributed by atoms with Crippen molar-refractivity contribution in [3.8, 4) is 17.2 Å². The Morgan fingerprint density at radius 2 is 1.96 bits per heavy atom. The summed E-state index contributed by atoms with van der Waals surface area (Å²) in [5.41, 5.74) is 1.91. The first kappa shape index (κ1) is 18.1. The zero-order chi connectivity index (χ0) is 19.0. The Balaban J connectivity index is 1.53. The molecule has 0 aromatic heterocycles. The number of nitrogens with zero attached hydrogens (tertiary/aromatic N) is 1. The van der Waals surface area contributed by atoms with Gasteiger partial charge in [0.15, 0.2) is 11.5 Å². The van der Waals surface area contributed by atoms with Crippen LogP contribution in [0.3, 0.4) is 0 Å². The lowest BCUT2D eigenvalue weighted by molar-refractivity contribution is 0.174. The van der Waals surface area contributed by atoms with Gasteiger partial charge in [0.2, 0.25) is 16.8 Å². The van der Waals surface area contributed by atoms with Crippen molar-refractivity contribution in [2.75, 3.05) is 26.5 Å². The van der Waals surface area contributed by atoms with Crippen molar-refractivity contribution in [3.63, 3.8) is 0 Å². The second-order valence-corrected chi connectivity index (χ2v) is 8.76. The topological polar surface area (TPSA) is 65.1 Å². The molecular weight excluding hydrogens is 366 g/mol. The molecule has 0 saturated carbocycles. The molecule has 27 heavy (non-hydrogen) atoms. The zero-order valence-electron chi connectivity index (χ0n) is 15.5. The van der Waals surface area contributed by atoms with E-state index >= 15 is 0 Å². The van der Waals surface area contributed by atoms with Crippen molar-refractivity contribution in [2.24, 2.45) is 0 Å². The molecular formula is C20H23NO5S. The predicted molar refractivity (Wildman–Crippen MR) is 101 cm³/mol. The molecule has 2 aromatic rings. The van der Waals surface area contributed by atoms with Gasteiger partial charge < -0.3 is 14.2 Å². The van der Waals surface area contributed by atoms with E-state index in [1.807, 2.05) is 32.0 Å². The summed E-state index contributed by atoms with van der Waals surface area (Å²) in [7, 11) is -3.52. The fourth-order valence-electron chi connectivity index (χ4n) is 3.63. The number of rotatable bonds is 5. The van der Waals surface area contributed by atoms with Crippen LogP contribution in [0.1, 0.15) is 30.4 Å². The van der Waals surface area contributed by atoms with Crippen molar-refractivity contribution in [3.05, 3.63) is 47.5 Å². The lowest BCUT2D eigenvalue weighted by Gasteiger charge is -2.18. The van der Waals surface area contributed by atoms with Crippen molar-refractivity contribution in [1.82, 2.24) is 4.31 Å². The molecule has 4 rings (SSSR count). The molecule has 2 aliphatic rings. The van der Waals surface area contributed by atoms with Crippen LogP contribution in [-0.4, -0.2) is 39.2 Å². The molecule has 1 saturated heterocycles. The lowest BCUT2D eigenvalue weighted by Crippen LogP contribution is -2.28. The van der Waals surface area contributed by atoms with Crippen LogP contribution in [0.15, 0.2) is 41.3 Å². The van der Waals surface area contributed by atoms with Gasteiger partial charge in [-0.05, 0) is 67.6 Å². The highest BCUT2D eigenvalue weighted by molar-refractivity contribution is 7.89. The number of sulfonamides is 1. The van der Waals surface area contributed by atoms with Crippen molar-refractivity contribution < 1.29 is 22.6 Å². The molecule has 0 aliphatic carbocycles. The first-order valence-electron chi connectivity index (χ1n) is 9.12. The Kier molecular flexibility index (Phi) is 4.74. The first-order chi connectivity index (χ1) is 13.0. The third-order valence-corrected chi connectivity index (χ3v) is 6.96. The number of hydrogen-bond acceptors (Lipinski definition) is 5. The molecule has 0 amide bonds. The Hall–Kier alpha value is -2.25. The van der Waals surface area contributed by atoms with E-state index in [1.54, 1.807) is 22.5 Å². The SMILES string of the molecule is CCOc1ccc(S(=O)(=O)N2CCC(c3ccc4c(c3)OCO4)C2)cc1C. The van der Waals surface area contributed by atoms with Gasteiger partial charge in [-0.3, -0.25) is 0 Å². The summed E-state index contributed by atoms with van der Waals surface area (Å²) in [4.78, 5) is 0.315. The van der Waals surface area contributed by atoms with Crippen LogP contribution in [-0.2, 0) is 10.0 Å². The molecule has 0 N–H and O–H groups in total. The number of ether oxygens (including phenoxy) is 3. The van der Waals surface area contributed by atoms with E-state index in [-0.39, 0.29) is 12.7 Å². The average molecular weight is 389 g/mol. The minimum absolute atomic E-state index is 0.151. The molecule has 2 aromatic carbocycles. The van der Waals surface area contributed by atoms with Gasteiger partial charge >= 0.3 is 0 Å². The van der Waals surface area contributed by atoms with E-state index in [0.29, 0.717) is 24.6 Å². The van der Waals surface area contributed by atoms with Crippen LogP contribution in [0, 0.1) is 6.92 Å². The maximum Gasteiger partial charge on any atom is 0.243 e. The van der Waals surface area contributed by atoms with Gasteiger partial charge in [-0.25, -0.2) is 8.42 Å². The fraction of sp³-hybridized carbons (Fsp3) is 0.400. The van der Waals surface area contributed by atoms with Crippen LogP contribution in [0.4, 0.5) is 0 Å². The summed E-state index contributed by atoms with van der Waals surface area (Å²) in [5.74, 6) is 2.34. The highest BCUT2D eigenvalue weighted by Crippen LogP contribution is 2.38. The molecule has 1 fully saturated rings. The fourth-order valence-corrected chi connectivity index (χ4v) is 5.22. The monoisotopic (exact) mass is 389 g/mol. The van der Waals surface area contributed by atoms with Gasteiger partial charge in [-0.15, -0.1) is 0 Å². The third-order valence-electron chi connectivity index (χ3n) is 5.10. The standard InChI is InChI=1S/C20H23NO5S/c1-3-24-18-7-5-17(10-14(18)2)27(22,23)21-9-8-16(12-21)15-4-6-19-20(11-15)26-13-25-19/h4-7,10-11,16H,3,8-9,12-13H2,1-2H3. The Labute approximate surface area is 159 Å². The Bertz CT molecular complexity index is 957. The highest BCUT2D eigenvalue weighted by atomic mass is 32.2. The number of benzene rings is 2. The van der Waals surface area contributed by atoms with Gasteiger partial charge in [-0.1, -0.05) is 6.07 Å². The number of hydrogen-bond donors (Lipinski definition) is 0. The number of fused-ring (bicyclic) bond motifs is 1. The van der Waals surface area contributed by atoms with E-state index < -0.39 is 10.0 Å². The van der Waals surface area contributed by atoms with Crippen molar-refractivity contribution in [1.29, 1.82) is 0 Å². The smallest absolute Gasteiger partial charge is 0.243 e. The molecule has 0 spiro atoms. The predicted octanol–water partition coefficient (Wildman–Crippen LogP) is 3.30. The third kappa shape index (κ3) is 3.37. The largest absolute Gasteiger partial charge is 0.494 e. The summed E-state index contributed by atoms with van der Waals surface area (Å²) in [6.07, 6.45) is 0.787. The second kappa shape index (κ2) is 7.05. The van der Waals surface area contributed by atoms with E-state index in [9.17, 15) is 8.42 Å². The minimum Gasteiger partial charge on any atom is -0.494 e. The molecule has 2 heterocycles. The number of aryl methyl sites for hydroxylation is 1. The molecule has 0 radical (unpaired) electrons. The van der Waals surface area contributed by atoms with Gasteiger partial charge in [0.25, 0.3) is 0 Å². The summed E-state index contributed by atoms with van der Waals surface area (Å²) in [5, 5.41) is 0. The van der Waals surface area contributed by atoms with Crippen LogP contribution in [0.25, 0.3) is 0 Å². The maximum atomic E-state index is 13.1. The van der Waals surface area contributed by atoms with E-state index in [2.05, 4.69) is 0 Å². The zero-order valence-corrected chi connectivity index (χ0v) is 16.3. The van der Waals surface area contributed by atoms with Gasteiger partial charge in [0.05, 0.1) is 11.5 Å². The minimum atomic E-state index is -3.52. The first-order valence-corrected chi connectivity index (χ1v) is 10.6. The highest BCUT2D eigenvalue weighted by Gasteiger charge is 2.34. The summed E-state index contributed by atoms with van der Waals surface area (Å²) >= 11 is 0. The van der Waals surface area contributed by atoms with E-state index in [4.69, 9.17) is 14.2 Å². The maximum absolute atomic E-state index is 13.1. The van der Waals surface area contributed by atoms with Gasteiger partial charge in [0, 0.05) is 13.1 Å². The normalized spacial score (nSPS) is 19.4. The average Bonchev–Trinajstić information content (AvgIpc) is 3.32.